The summed E-state index contributed by atoms with van der Waals surface area (Å²) in [5.74, 6) is 1.62. The van der Waals surface area contributed by atoms with E-state index in [0.29, 0.717) is 38.5 Å². The highest BCUT2D eigenvalue weighted by Gasteiger charge is 2.32. The summed E-state index contributed by atoms with van der Waals surface area (Å²) in [7, 11) is 4.73. The molecule has 0 bridgehead atoms. The van der Waals surface area contributed by atoms with Crippen molar-refractivity contribution in [3.8, 4) is 17.2 Å². The summed E-state index contributed by atoms with van der Waals surface area (Å²) in [6.07, 6.45) is 0.877. The average Bonchev–Trinajstić information content (AvgIpc) is 3.08. The Bertz CT molecular complexity index is 1370. The second-order valence-corrected chi connectivity index (χ2v) is 9.46. The maximum Gasteiger partial charge on any atom is 0.364 e. The molecule has 0 saturated heterocycles. The SMILES string of the molecule is C=CCOC(=O)S.COc1ccc(CN2C(=O)COC(c3cccc(OC)c3Cl)c3cc(Cl)ccc32)c(OC)c1. The molecular formula is C29H29Cl2NO7S. The van der Waals surface area contributed by atoms with Gasteiger partial charge in [0.05, 0.1) is 38.6 Å². The number of hydrogen-bond donors (Lipinski definition) is 1. The second kappa shape index (κ2) is 14.9. The predicted octanol–water partition coefficient (Wildman–Crippen LogP) is 6.91. The Kier molecular flexibility index (Phi) is 11.6. The van der Waals surface area contributed by atoms with Crippen molar-refractivity contribution in [3.05, 3.63) is 94.0 Å². The van der Waals surface area contributed by atoms with Gasteiger partial charge in [0.2, 0.25) is 0 Å². The van der Waals surface area contributed by atoms with Crippen molar-refractivity contribution >= 4 is 52.7 Å². The van der Waals surface area contributed by atoms with Crippen molar-refractivity contribution in [2.75, 3.05) is 39.4 Å². The minimum Gasteiger partial charge on any atom is -0.497 e. The van der Waals surface area contributed by atoms with E-state index in [1.54, 1.807) is 50.5 Å². The Morgan fingerprint density at radius 2 is 1.80 bits per heavy atom. The van der Waals surface area contributed by atoms with Crippen molar-refractivity contribution in [1.82, 2.24) is 0 Å². The predicted molar refractivity (Wildman–Crippen MR) is 159 cm³/mol. The van der Waals surface area contributed by atoms with E-state index < -0.39 is 11.4 Å². The average molecular weight is 607 g/mol. The van der Waals surface area contributed by atoms with Gasteiger partial charge in [-0.05, 0) is 36.4 Å². The van der Waals surface area contributed by atoms with Crippen molar-refractivity contribution in [3.63, 3.8) is 0 Å². The van der Waals surface area contributed by atoms with Gasteiger partial charge in [0.1, 0.15) is 36.6 Å². The van der Waals surface area contributed by atoms with Crippen molar-refractivity contribution in [1.29, 1.82) is 0 Å². The van der Waals surface area contributed by atoms with E-state index in [0.717, 1.165) is 11.1 Å². The van der Waals surface area contributed by atoms with Crippen LogP contribution in [-0.2, 0) is 20.8 Å². The summed E-state index contributed by atoms with van der Waals surface area (Å²) < 4.78 is 26.6. The third kappa shape index (κ3) is 7.63. The molecule has 0 radical (unpaired) electrons. The highest BCUT2D eigenvalue weighted by atomic mass is 35.5. The number of anilines is 1. The summed E-state index contributed by atoms with van der Waals surface area (Å²) in [6.45, 7) is 3.70. The summed E-state index contributed by atoms with van der Waals surface area (Å²) >= 11 is 16.3. The van der Waals surface area contributed by atoms with Gasteiger partial charge < -0.3 is 28.6 Å². The Hall–Kier alpha value is -3.37. The molecular weight excluding hydrogens is 577 g/mol. The monoisotopic (exact) mass is 605 g/mol. The van der Waals surface area contributed by atoms with Crippen LogP contribution in [0.25, 0.3) is 0 Å². The van der Waals surface area contributed by atoms with Gasteiger partial charge in [0.25, 0.3) is 5.91 Å². The summed E-state index contributed by atoms with van der Waals surface area (Å²) in [5, 5.41) is 0.381. The third-order valence-corrected chi connectivity index (χ3v) is 6.65. The normalized spacial score (nSPS) is 14.2. The van der Waals surface area contributed by atoms with Gasteiger partial charge >= 0.3 is 5.30 Å². The minimum absolute atomic E-state index is 0.136. The number of hydrogen-bond acceptors (Lipinski definition) is 7. The molecule has 1 unspecified atom stereocenters. The minimum atomic E-state index is -0.604. The molecule has 0 spiro atoms. The zero-order valence-corrected chi connectivity index (χ0v) is 24.6. The number of benzene rings is 3. The smallest absolute Gasteiger partial charge is 0.364 e. The van der Waals surface area contributed by atoms with Crippen molar-refractivity contribution in [2.45, 2.75) is 12.6 Å². The molecule has 0 N–H and O–H groups in total. The fraction of sp³-hybridized carbons (Fsp3) is 0.241. The van der Waals surface area contributed by atoms with Crippen LogP contribution in [0.4, 0.5) is 10.5 Å². The second-order valence-electron chi connectivity index (χ2n) is 8.28. The van der Waals surface area contributed by atoms with Crippen LogP contribution in [0, 0.1) is 0 Å². The van der Waals surface area contributed by atoms with Crippen LogP contribution >= 0.6 is 35.8 Å². The lowest BCUT2D eigenvalue weighted by Gasteiger charge is -2.25. The number of carbonyl (C=O) groups is 2. The maximum atomic E-state index is 13.2. The lowest BCUT2D eigenvalue weighted by molar-refractivity contribution is -0.123. The first-order valence-electron chi connectivity index (χ1n) is 11.9. The van der Waals surface area contributed by atoms with Gasteiger partial charge in [-0.3, -0.25) is 4.79 Å². The lowest BCUT2D eigenvalue weighted by atomic mass is 9.98. The quantitative estimate of drug-likeness (QED) is 0.170. The molecule has 1 amide bonds. The van der Waals surface area contributed by atoms with E-state index in [2.05, 4.69) is 23.9 Å². The molecule has 212 valence electrons. The molecule has 11 heteroatoms. The number of amides is 1. The molecule has 1 atom stereocenters. The molecule has 3 aromatic rings. The van der Waals surface area contributed by atoms with E-state index in [-0.39, 0.29) is 25.7 Å². The molecule has 1 aliphatic rings. The summed E-state index contributed by atoms with van der Waals surface area (Å²) in [4.78, 5) is 24.7. The van der Waals surface area contributed by atoms with Gasteiger partial charge in [-0.2, -0.15) is 0 Å². The van der Waals surface area contributed by atoms with E-state index in [4.69, 9.17) is 42.1 Å². The summed E-state index contributed by atoms with van der Waals surface area (Å²) in [5.41, 5.74) is 2.93. The molecule has 0 aromatic heterocycles. The van der Waals surface area contributed by atoms with Crippen LogP contribution < -0.4 is 19.1 Å². The number of carbonyl (C=O) groups excluding carboxylic acids is 2. The van der Waals surface area contributed by atoms with E-state index >= 15 is 0 Å². The first-order valence-corrected chi connectivity index (χ1v) is 13.2. The van der Waals surface area contributed by atoms with Gasteiger partial charge in [-0.15, -0.1) is 0 Å². The molecule has 0 aliphatic carbocycles. The molecule has 4 rings (SSSR count). The van der Waals surface area contributed by atoms with Crippen LogP contribution in [0.3, 0.4) is 0 Å². The van der Waals surface area contributed by atoms with Gasteiger partial charge in [0, 0.05) is 27.8 Å². The molecule has 1 aliphatic heterocycles. The number of thiol groups is 1. The molecule has 40 heavy (non-hydrogen) atoms. The van der Waals surface area contributed by atoms with Crippen LogP contribution in [0.5, 0.6) is 17.2 Å². The zero-order valence-electron chi connectivity index (χ0n) is 22.2. The number of fused-ring (bicyclic) bond motifs is 1. The topological polar surface area (TPSA) is 83.5 Å². The zero-order chi connectivity index (χ0) is 29.2. The standard InChI is InChI=1S/C25H23Cl2NO5.C4H6O2S/c1-30-17-9-7-15(22(12-17)32-3)13-28-20-10-8-16(26)11-19(20)25(33-14-23(28)29)18-5-4-6-21(31-2)24(18)27;1-2-3-6-4(5)7/h4-12,25H,13-14H2,1-3H3;2H,1,3H2,(H,5,7). The van der Waals surface area contributed by atoms with E-state index in [1.807, 2.05) is 30.3 Å². The van der Waals surface area contributed by atoms with E-state index in [1.165, 1.54) is 6.08 Å². The van der Waals surface area contributed by atoms with Crippen LogP contribution in [-0.4, -0.2) is 45.8 Å². The highest BCUT2D eigenvalue weighted by molar-refractivity contribution is 7.96. The number of halogens is 2. The van der Waals surface area contributed by atoms with Crippen LogP contribution in [0.1, 0.15) is 22.8 Å². The van der Waals surface area contributed by atoms with Crippen molar-refractivity contribution < 1.29 is 33.3 Å². The van der Waals surface area contributed by atoms with Crippen molar-refractivity contribution in [2.24, 2.45) is 0 Å². The van der Waals surface area contributed by atoms with Crippen LogP contribution in [0.2, 0.25) is 10.0 Å². The first-order chi connectivity index (χ1) is 19.2. The Morgan fingerprint density at radius 1 is 1.05 bits per heavy atom. The van der Waals surface area contributed by atoms with Gasteiger partial charge in [0.15, 0.2) is 0 Å². The maximum absolute atomic E-state index is 13.2. The Balaban J connectivity index is 0.000000559. The Morgan fingerprint density at radius 3 is 2.42 bits per heavy atom. The third-order valence-electron chi connectivity index (χ3n) is 5.88. The largest absolute Gasteiger partial charge is 0.497 e. The number of rotatable bonds is 8. The number of methoxy groups -OCH3 is 3. The molecule has 3 aromatic carbocycles. The van der Waals surface area contributed by atoms with Gasteiger partial charge in [-0.1, -0.05) is 60.6 Å². The molecule has 0 fully saturated rings. The fourth-order valence-corrected chi connectivity index (χ4v) is 4.60. The number of nitrogens with zero attached hydrogens (tertiary/aromatic N) is 1. The number of ether oxygens (including phenoxy) is 5. The fourth-order valence-electron chi connectivity index (χ4n) is 4.04. The lowest BCUT2D eigenvalue weighted by Crippen LogP contribution is -2.32. The van der Waals surface area contributed by atoms with Gasteiger partial charge in [-0.25, -0.2) is 4.79 Å². The van der Waals surface area contributed by atoms with E-state index in [9.17, 15) is 9.59 Å². The summed E-state index contributed by atoms with van der Waals surface area (Å²) in [6, 6.07) is 16.3. The molecule has 1 heterocycles. The first kappa shape index (κ1) is 31.2. The molecule has 0 saturated carbocycles. The molecule has 8 nitrogen and oxygen atoms in total. The highest BCUT2D eigenvalue weighted by Crippen LogP contribution is 2.43. The Labute approximate surface area is 248 Å². The van der Waals surface area contributed by atoms with Crippen LogP contribution in [0.15, 0.2) is 67.3 Å².